The standard InChI is InChI=1S/C14H22F2N2O/c1-9(2)17-7-11-5-12(15)14(13(16)6-11)18(4)8-10(3)19/h5-6,9-10,17,19H,7-8H2,1-4H3. The highest BCUT2D eigenvalue weighted by Crippen LogP contribution is 2.24. The zero-order valence-corrected chi connectivity index (χ0v) is 11.9. The average molecular weight is 272 g/mol. The van der Waals surface area contributed by atoms with E-state index in [4.69, 9.17) is 0 Å². The zero-order valence-electron chi connectivity index (χ0n) is 11.9. The molecule has 0 radical (unpaired) electrons. The first kappa shape index (κ1) is 15.9. The molecule has 3 nitrogen and oxygen atoms in total. The third-order valence-corrected chi connectivity index (χ3v) is 2.71. The number of hydrogen-bond acceptors (Lipinski definition) is 3. The summed E-state index contributed by atoms with van der Waals surface area (Å²) in [4.78, 5) is 1.38. The van der Waals surface area contributed by atoms with Gasteiger partial charge in [0, 0.05) is 26.2 Å². The van der Waals surface area contributed by atoms with Crippen molar-refractivity contribution in [1.29, 1.82) is 0 Å². The van der Waals surface area contributed by atoms with Gasteiger partial charge in [-0.15, -0.1) is 0 Å². The summed E-state index contributed by atoms with van der Waals surface area (Å²) in [6.45, 7) is 6.12. The van der Waals surface area contributed by atoms with Crippen LogP contribution in [0.5, 0.6) is 0 Å². The first-order chi connectivity index (χ1) is 8.81. The predicted octanol–water partition coefficient (Wildman–Crippen LogP) is 2.28. The first-order valence-electron chi connectivity index (χ1n) is 6.41. The summed E-state index contributed by atoms with van der Waals surface area (Å²) >= 11 is 0. The number of rotatable bonds is 6. The minimum absolute atomic E-state index is 0.103. The third-order valence-electron chi connectivity index (χ3n) is 2.71. The predicted molar refractivity (Wildman–Crippen MR) is 73.3 cm³/mol. The molecule has 0 spiro atoms. The van der Waals surface area contributed by atoms with Gasteiger partial charge in [-0.2, -0.15) is 0 Å². The minimum atomic E-state index is -0.647. The van der Waals surface area contributed by atoms with E-state index in [-0.39, 0.29) is 18.3 Å². The summed E-state index contributed by atoms with van der Waals surface area (Å²) in [5, 5.41) is 12.4. The Balaban J connectivity index is 2.90. The molecule has 1 rings (SSSR count). The van der Waals surface area contributed by atoms with Gasteiger partial charge in [-0.1, -0.05) is 13.8 Å². The topological polar surface area (TPSA) is 35.5 Å². The molecule has 0 heterocycles. The third kappa shape index (κ3) is 4.76. The lowest BCUT2D eigenvalue weighted by molar-refractivity contribution is 0.201. The molecule has 1 atom stereocenters. The number of likely N-dealkylation sites (N-methyl/N-ethyl adjacent to an activating group) is 1. The maximum Gasteiger partial charge on any atom is 0.149 e. The second-order valence-corrected chi connectivity index (χ2v) is 5.17. The molecular formula is C14H22F2N2O. The van der Waals surface area contributed by atoms with Gasteiger partial charge in [0.15, 0.2) is 0 Å². The summed E-state index contributed by atoms with van der Waals surface area (Å²) in [6.07, 6.45) is -0.647. The van der Waals surface area contributed by atoms with Gasteiger partial charge in [-0.25, -0.2) is 8.78 Å². The van der Waals surface area contributed by atoms with E-state index in [2.05, 4.69) is 5.32 Å². The Morgan fingerprint density at radius 2 is 1.74 bits per heavy atom. The summed E-state index contributed by atoms with van der Waals surface area (Å²) in [7, 11) is 1.56. The highest BCUT2D eigenvalue weighted by atomic mass is 19.1. The Morgan fingerprint density at radius 3 is 2.16 bits per heavy atom. The zero-order chi connectivity index (χ0) is 14.6. The van der Waals surface area contributed by atoms with Crippen LogP contribution in [0, 0.1) is 11.6 Å². The van der Waals surface area contributed by atoms with Gasteiger partial charge >= 0.3 is 0 Å². The number of aliphatic hydroxyl groups is 1. The van der Waals surface area contributed by atoms with Crippen LogP contribution in [0.3, 0.4) is 0 Å². The smallest absolute Gasteiger partial charge is 0.149 e. The van der Waals surface area contributed by atoms with E-state index >= 15 is 0 Å². The van der Waals surface area contributed by atoms with E-state index in [9.17, 15) is 13.9 Å². The Kier molecular flexibility index (Phi) is 5.69. The van der Waals surface area contributed by atoms with Crippen LogP contribution in [0.2, 0.25) is 0 Å². The molecule has 0 aliphatic rings. The normalized spacial score (nSPS) is 12.8. The Bertz CT molecular complexity index is 399. The van der Waals surface area contributed by atoms with Crippen LogP contribution >= 0.6 is 0 Å². The van der Waals surface area contributed by atoms with E-state index in [0.29, 0.717) is 12.1 Å². The van der Waals surface area contributed by atoms with Crippen molar-refractivity contribution < 1.29 is 13.9 Å². The van der Waals surface area contributed by atoms with Gasteiger partial charge in [-0.05, 0) is 24.6 Å². The van der Waals surface area contributed by atoms with E-state index < -0.39 is 17.7 Å². The van der Waals surface area contributed by atoms with Crippen molar-refractivity contribution in [1.82, 2.24) is 5.32 Å². The Hall–Kier alpha value is -1.20. The number of benzene rings is 1. The molecule has 0 saturated heterocycles. The van der Waals surface area contributed by atoms with Crippen molar-refractivity contribution in [2.24, 2.45) is 0 Å². The van der Waals surface area contributed by atoms with Crippen molar-refractivity contribution in [3.63, 3.8) is 0 Å². The number of nitrogens with one attached hydrogen (secondary N) is 1. The number of hydrogen-bond donors (Lipinski definition) is 2. The van der Waals surface area contributed by atoms with Crippen molar-refractivity contribution in [2.45, 2.75) is 39.5 Å². The SMILES string of the molecule is CC(O)CN(C)c1c(F)cc(CNC(C)C)cc1F. The number of halogens is 2. The van der Waals surface area contributed by atoms with Crippen LogP contribution in [0.1, 0.15) is 26.3 Å². The van der Waals surface area contributed by atoms with Gasteiger partial charge < -0.3 is 15.3 Å². The molecule has 0 amide bonds. The fraction of sp³-hybridized carbons (Fsp3) is 0.571. The maximum absolute atomic E-state index is 13.9. The van der Waals surface area contributed by atoms with Gasteiger partial charge in [0.05, 0.1) is 6.10 Å². The highest BCUT2D eigenvalue weighted by Gasteiger charge is 2.16. The molecular weight excluding hydrogens is 250 g/mol. The second-order valence-electron chi connectivity index (χ2n) is 5.17. The molecule has 1 aromatic rings. The van der Waals surface area contributed by atoms with Crippen LogP contribution in [-0.4, -0.2) is 30.8 Å². The molecule has 0 aliphatic heterocycles. The van der Waals surface area contributed by atoms with Crippen LogP contribution in [-0.2, 0) is 6.54 Å². The largest absolute Gasteiger partial charge is 0.392 e. The fourth-order valence-corrected chi connectivity index (χ4v) is 1.89. The van der Waals surface area contributed by atoms with Gasteiger partial charge in [0.25, 0.3) is 0 Å². The lowest BCUT2D eigenvalue weighted by Crippen LogP contribution is -2.28. The van der Waals surface area contributed by atoms with Crippen molar-refractivity contribution in [3.05, 3.63) is 29.3 Å². The van der Waals surface area contributed by atoms with Crippen LogP contribution < -0.4 is 10.2 Å². The maximum atomic E-state index is 13.9. The molecule has 2 N–H and O–H groups in total. The second kappa shape index (κ2) is 6.82. The molecule has 0 saturated carbocycles. The van der Waals surface area contributed by atoms with E-state index in [0.717, 1.165) is 0 Å². The molecule has 5 heteroatoms. The molecule has 19 heavy (non-hydrogen) atoms. The van der Waals surface area contributed by atoms with E-state index in [1.54, 1.807) is 14.0 Å². The molecule has 0 fully saturated rings. The fourth-order valence-electron chi connectivity index (χ4n) is 1.89. The van der Waals surface area contributed by atoms with Crippen LogP contribution in [0.25, 0.3) is 0 Å². The lowest BCUT2D eigenvalue weighted by atomic mass is 10.1. The average Bonchev–Trinajstić information content (AvgIpc) is 2.24. The number of nitrogens with zero attached hydrogens (tertiary/aromatic N) is 1. The summed E-state index contributed by atoms with van der Waals surface area (Å²) in [6, 6.07) is 2.90. The lowest BCUT2D eigenvalue weighted by Gasteiger charge is -2.22. The van der Waals surface area contributed by atoms with Gasteiger partial charge in [0.1, 0.15) is 17.3 Å². The summed E-state index contributed by atoms with van der Waals surface area (Å²) < 4.78 is 27.9. The first-order valence-corrected chi connectivity index (χ1v) is 6.41. The Morgan fingerprint density at radius 1 is 1.21 bits per heavy atom. The number of aliphatic hydroxyl groups excluding tert-OH is 1. The molecule has 0 aromatic heterocycles. The molecule has 1 aromatic carbocycles. The molecule has 0 aliphatic carbocycles. The van der Waals surface area contributed by atoms with Crippen molar-refractivity contribution in [3.8, 4) is 0 Å². The van der Waals surface area contributed by atoms with Gasteiger partial charge in [0.2, 0.25) is 0 Å². The van der Waals surface area contributed by atoms with Crippen molar-refractivity contribution >= 4 is 5.69 Å². The Labute approximate surface area is 113 Å². The molecule has 0 bridgehead atoms. The van der Waals surface area contributed by atoms with Gasteiger partial charge in [-0.3, -0.25) is 0 Å². The van der Waals surface area contributed by atoms with E-state index in [1.807, 2.05) is 13.8 Å². The van der Waals surface area contributed by atoms with Crippen LogP contribution in [0.4, 0.5) is 14.5 Å². The highest BCUT2D eigenvalue weighted by molar-refractivity contribution is 5.50. The minimum Gasteiger partial charge on any atom is -0.392 e. The summed E-state index contributed by atoms with van der Waals surface area (Å²) in [5.74, 6) is -1.22. The van der Waals surface area contributed by atoms with E-state index in [1.165, 1.54) is 17.0 Å². The molecule has 1 unspecified atom stereocenters. The van der Waals surface area contributed by atoms with Crippen molar-refractivity contribution in [2.75, 3.05) is 18.5 Å². The summed E-state index contributed by atoms with van der Waals surface area (Å²) in [5.41, 5.74) is 0.465. The monoisotopic (exact) mass is 272 g/mol. The van der Waals surface area contributed by atoms with Crippen LogP contribution in [0.15, 0.2) is 12.1 Å². The number of anilines is 1. The molecule has 108 valence electrons. The quantitative estimate of drug-likeness (QED) is 0.834.